The van der Waals surface area contributed by atoms with Crippen LogP contribution in [0, 0.1) is 0 Å². The maximum absolute atomic E-state index is 11.6. The van der Waals surface area contributed by atoms with E-state index in [9.17, 15) is 19.8 Å². The molecule has 0 aromatic carbocycles. The average molecular weight is 481 g/mol. The van der Waals surface area contributed by atoms with Gasteiger partial charge in [-0.3, -0.25) is 19.6 Å². The zero-order valence-electron chi connectivity index (χ0n) is 20.6. The normalized spacial score (nSPS) is 16.8. The summed E-state index contributed by atoms with van der Waals surface area (Å²) in [6, 6.07) is 0. The standard InChI is InChI=1S/C24H44N6O4/c25-22-27-13-10-16-29(22)15-9-7-5-3-1-2-4-6-8-12-24(18-20(31)32,19-21(33)34)30-17-11-14-28-23(30)26/h1-19H2,(H2,25,27)(H2,26,28)(H,31,32)(H,33,34). The van der Waals surface area contributed by atoms with E-state index < -0.39 is 17.5 Å². The number of aliphatic imine (C=N–C) groups is 2. The molecule has 0 unspecified atom stereocenters. The fourth-order valence-electron chi connectivity index (χ4n) is 5.12. The number of carboxylic acids is 2. The summed E-state index contributed by atoms with van der Waals surface area (Å²) < 4.78 is 0. The quantitative estimate of drug-likeness (QED) is 0.231. The first-order chi connectivity index (χ1) is 16.3. The highest BCUT2D eigenvalue weighted by atomic mass is 16.4. The number of rotatable bonds is 17. The van der Waals surface area contributed by atoms with E-state index in [1.807, 2.05) is 0 Å². The Morgan fingerprint density at radius 2 is 1.26 bits per heavy atom. The molecular formula is C24H44N6O4. The topological polar surface area (TPSA) is 158 Å². The van der Waals surface area contributed by atoms with Crippen LogP contribution in [0.1, 0.15) is 89.9 Å². The predicted molar refractivity (Wildman–Crippen MR) is 134 cm³/mol. The van der Waals surface area contributed by atoms with Crippen molar-refractivity contribution in [1.82, 2.24) is 9.80 Å². The van der Waals surface area contributed by atoms with Crippen molar-refractivity contribution in [2.75, 3.05) is 32.7 Å². The summed E-state index contributed by atoms with van der Waals surface area (Å²) in [5.41, 5.74) is 11.0. The van der Waals surface area contributed by atoms with Crippen molar-refractivity contribution in [3.05, 3.63) is 0 Å². The van der Waals surface area contributed by atoms with Gasteiger partial charge < -0.3 is 31.5 Å². The highest BCUT2D eigenvalue weighted by molar-refractivity contribution is 5.82. The van der Waals surface area contributed by atoms with E-state index >= 15 is 0 Å². The predicted octanol–water partition coefficient (Wildman–Crippen LogP) is 2.62. The van der Waals surface area contributed by atoms with E-state index in [2.05, 4.69) is 14.9 Å². The minimum absolute atomic E-state index is 0.246. The monoisotopic (exact) mass is 480 g/mol. The van der Waals surface area contributed by atoms with Crippen molar-refractivity contribution in [2.45, 2.75) is 95.4 Å². The van der Waals surface area contributed by atoms with Gasteiger partial charge in [-0.1, -0.05) is 51.4 Å². The molecule has 34 heavy (non-hydrogen) atoms. The zero-order chi connectivity index (χ0) is 24.8. The Morgan fingerprint density at radius 1 is 0.765 bits per heavy atom. The second-order valence-electron chi connectivity index (χ2n) is 9.62. The fraction of sp³-hybridized carbons (Fsp3) is 0.833. The molecule has 0 spiro atoms. The van der Waals surface area contributed by atoms with Crippen LogP contribution in [0.25, 0.3) is 0 Å². The largest absolute Gasteiger partial charge is 0.481 e. The molecule has 10 heteroatoms. The highest BCUT2D eigenvalue weighted by Crippen LogP contribution is 2.32. The summed E-state index contributed by atoms with van der Waals surface area (Å²) in [5.74, 6) is -1.05. The number of guanidine groups is 2. The van der Waals surface area contributed by atoms with Gasteiger partial charge in [-0.15, -0.1) is 0 Å². The van der Waals surface area contributed by atoms with E-state index in [1.54, 1.807) is 4.90 Å². The van der Waals surface area contributed by atoms with Gasteiger partial charge in [-0.05, 0) is 25.7 Å². The number of unbranched alkanes of at least 4 members (excludes halogenated alkanes) is 8. The van der Waals surface area contributed by atoms with Crippen LogP contribution in [0.3, 0.4) is 0 Å². The Kier molecular flexibility index (Phi) is 12.0. The number of nitrogens with zero attached hydrogens (tertiary/aromatic N) is 4. The minimum Gasteiger partial charge on any atom is -0.481 e. The third kappa shape index (κ3) is 9.38. The third-order valence-electron chi connectivity index (χ3n) is 6.88. The number of aliphatic carboxylic acids is 2. The lowest BCUT2D eigenvalue weighted by Crippen LogP contribution is -2.58. The van der Waals surface area contributed by atoms with E-state index in [-0.39, 0.29) is 18.8 Å². The van der Waals surface area contributed by atoms with Crippen LogP contribution in [0.4, 0.5) is 0 Å². The van der Waals surface area contributed by atoms with Gasteiger partial charge in [0.2, 0.25) is 0 Å². The molecular weight excluding hydrogens is 436 g/mol. The Labute approximate surface area is 203 Å². The molecule has 0 fully saturated rings. The molecule has 2 aliphatic heterocycles. The van der Waals surface area contributed by atoms with Crippen LogP contribution in [0.15, 0.2) is 9.98 Å². The molecule has 0 aromatic heterocycles. The molecule has 0 radical (unpaired) electrons. The molecule has 0 aromatic rings. The van der Waals surface area contributed by atoms with Crippen LogP contribution in [0.5, 0.6) is 0 Å². The Hall–Kier alpha value is -2.52. The third-order valence-corrected chi connectivity index (χ3v) is 6.88. The molecule has 0 saturated heterocycles. The number of carboxylic acid groups (broad SMARTS) is 2. The van der Waals surface area contributed by atoms with Crippen LogP contribution < -0.4 is 11.5 Å². The molecule has 6 N–H and O–H groups in total. The van der Waals surface area contributed by atoms with Gasteiger partial charge in [0.05, 0.1) is 18.4 Å². The van der Waals surface area contributed by atoms with Gasteiger partial charge in [-0.2, -0.15) is 0 Å². The lowest BCUT2D eigenvalue weighted by molar-refractivity contribution is -0.144. The summed E-state index contributed by atoms with van der Waals surface area (Å²) in [4.78, 5) is 35.7. The summed E-state index contributed by atoms with van der Waals surface area (Å²) in [6.45, 7) is 4.01. The smallest absolute Gasteiger partial charge is 0.305 e. The zero-order valence-corrected chi connectivity index (χ0v) is 20.6. The molecule has 2 heterocycles. The molecule has 0 bridgehead atoms. The highest BCUT2D eigenvalue weighted by Gasteiger charge is 2.42. The number of hydrogen-bond donors (Lipinski definition) is 4. The van der Waals surface area contributed by atoms with Crippen LogP contribution >= 0.6 is 0 Å². The second-order valence-corrected chi connectivity index (χ2v) is 9.62. The van der Waals surface area contributed by atoms with Crippen molar-refractivity contribution in [3.8, 4) is 0 Å². The SMILES string of the molecule is NC1=NCCCN1CCCCCCCCCCCC(CC(=O)O)(CC(=O)O)N1CCCN=C1N. The molecule has 10 nitrogen and oxygen atoms in total. The van der Waals surface area contributed by atoms with Gasteiger partial charge in [0.25, 0.3) is 0 Å². The maximum Gasteiger partial charge on any atom is 0.305 e. The van der Waals surface area contributed by atoms with E-state index in [4.69, 9.17) is 11.5 Å². The second kappa shape index (κ2) is 14.7. The number of carbonyl (C=O) groups is 2. The first-order valence-electron chi connectivity index (χ1n) is 12.9. The first kappa shape index (κ1) is 27.7. The van der Waals surface area contributed by atoms with Gasteiger partial charge in [0.1, 0.15) is 0 Å². The van der Waals surface area contributed by atoms with E-state index in [0.29, 0.717) is 25.5 Å². The van der Waals surface area contributed by atoms with E-state index in [0.717, 1.165) is 64.6 Å². The molecule has 194 valence electrons. The summed E-state index contributed by atoms with van der Waals surface area (Å²) >= 11 is 0. The van der Waals surface area contributed by atoms with Crippen LogP contribution in [0.2, 0.25) is 0 Å². The molecule has 2 rings (SSSR count). The van der Waals surface area contributed by atoms with E-state index in [1.165, 1.54) is 25.7 Å². The number of nitrogens with two attached hydrogens (primary N) is 2. The molecule has 0 atom stereocenters. The van der Waals surface area contributed by atoms with Crippen molar-refractivity contribution in [1.29, 1.82) is 0 Å². The summed E-state index contributed by atoms with van der Waals surface area (Å²) in [7, 11) is 0. The Morgan fingerprint density at radius 3 is 1.79 bits per heavy atom. The maximum atomic E-state index is 11.6. The van der Waals surface area contributed by atoms with Crippen LogP contribution in [-0.4, -0.2) is 82.1 Å². The van der Waals surface area contributed by atoms with Gasteiger partial charge in [0, 0.05) is 32.7 Å². The first-order valence-corrected chi connectivity index (χ1v) is 12.9. The van der Waals surface area contributed by atoms with Crippen molar-refractivity contribution < 1.29 is 19.8 Å². The lowest BCUT2D eigenvalue weighted by Gasteiger charge is -2.44. The average Bonchev–Trinajstić information content (AvgIpc) is 2.78. The summed E-state index contributed by atoms with van der Waals surface area (Å²) in [6.07, 6.45) is 11.8. The lowest BCUT2D eigenvalue weighted by atomic mass is 9.83. The summed E-state index contributed by atoms with van der Waals surface area (Å²) in [5, 5.41) is 19.0. The Bertz CT molecular complexity index is 696. The molecule has 0 aliphatic carbocycles. The van der Waals surface area contributed by atoms with Gasteiger partial charge in [0.15, 0.2) is 11.9 Å². The molecule has 0 amide bonds. The number of hydrogen-bond acceptors (Lipinski definition) is 8. The molecule has 2 aliphatic rings. The van der Waals surface area contributed by atoms with Crippen LogP contribution in [-0.2, 0) is 9.59 Å². The van der Waals surface area contributed by atoms with Crippen molar-refractivity contribution in [3.63, 3.8) is 0 Å². The Balaban J connectivity index is 1.66. The fourth-order valence-corrected chi connectivity index (χ4v) is 5.12. The van der Waals surface area contributed by atoms with Crippen molar-refractivity contribution >= 4 is 23.9 Å². The molecule has 0 saturated carbocycles. The van der Waals surface area contributed by atoms with Gasteiger partial charge in [-0.25, -0.2) is 0 Å². The van der Waals surface area contributed by atoms with Gasteiger partial charge >= 0.3 is 11.9 Å². The minimum atomic E-state index is -1.02. The van der Waals surface area contributed by atoms with Crippen molar-refractivity contribution in [2.24, 2.45) is 21.5 Å².